The molecule has 31 heavy (non-hydrogen) atoms. The van der Waals surface area contributed by atoms with Crippen LogP contribution in [0.1, 0.15) is 15.9 Å². The number of hydrogen-bond donors (Lipinski definition) is 4. The van der Waals surface area contributed by atoms with Crippen molar-refractivity contribution in [1.82, 2.24) is 0 Å². The molecule has 0 aliphatic heterocycles. The first-order valence-electron chi connectivity index (χ1n) is 8.78. The molecule has 0 aliphatic rings. The molecule has 160 valence electrons. The van der Waals surface area contributed by atoms with Crippen LogP contribution in [0.5, 0.6) is 11.5 Å². The Morgan fingerprint density at radius 1 is 0.871 bits per heavy atom. The number of alkyl halides is 3. The maximum Gasteiger partial charge on any atom is 0.416 e. The highest BCUT2D eigenvalue weighted by Gasteiger charge is 2.30. The number of carbonyl (C=O) groups is 2. The third-order valence-electron chi connectivity index (χ3n) is 4.08. The van der Waals surface area contributed by atoms with Gasteiger partial charge in [0.2, 0.25) is 0 Å². The number of ether oxygens (including phenoxy) is 1. The van der Waals surface area contributed by atoms with Crippen LogP contribution >= 0.6 is 0 Å². The van der Waals surface area contributed by atoms with Crippen molar-refractivity contribution >= 4 is 29.1 Å². The lowest BCUT2D eigenvalue weighted by molar-refractivity contribution is -0.137. The van der Waals surface area contributed by atoms with E-state index in [9.17, 15) is 22.8 Å². The quantitative estimate of drug-likeness (QED) is 0.403. The van der Waals surface area contributed by atoms with E-state index in [0.29, 0.717) is 11.4 Å². The van der Waals surface area contributed by atoms with E-state index in [-0.39, 0.29) is 22.7 Å². The van der Waals surface area contributed by atoms with Gasteiger partial charge in [-0.05, 0) is 66.7 Å². The van der Waals surface area contributed by atoms with Crippen LogP contribution in [0.25, 0.3) is 0 Å². The number of hydrogen-bond acceptors (Lipinski definition) is 4. The summed E-state index contributed by atoms with van der Waals surface area (Å²) in [5.74, 6) is 0.108. The molecule has 5 N–H and O–H groups in total. The van der Waals surface area contributed by atoms with Crippen LogP contribution < -0.4 is 21.1 Å². The molecule has 3 aromatic carbocycles. The maximum absolute atomic E-state index is 12.6. The van der Waals surface area contributed by atoms with E-state index in [1.54, 1.807) is 0 Å². The highest BCUT2D eigenvalue weighted by Crippen LogP contribution is 2.31. The summed E-state index contributed by atoms with van der Waals surface area (Å²) in [5, 5.41) is 13.4. The highest BCUT2D eigenvalue weighted by molar-refractivity contribution is 6.05. The van der Waals surface area contributed by atoms with Crippen LogP contribution in [-0.4, -0.2) is 17.1 Å². The Morgan fingerprint density at radius 3 is 2.00 bits per heavy atom. The minimum Gasteiger partial charge on any atom is -0.465 e. The van der Waals surface area contributed by atoms with E-state index in [2.05, 4.69) is 10.6 Å². The topological polar surface area (TPSA) is 114 Å². The third-order valence-corrected chi connectivity index (χ3v) is 4.08. The number of halogens is 3. The summed E-state index contributed by atoms with van der Waals surface area (Å²) in [4.78, 5) is 23.0. The van der Waals surface area contributed by atoms with E-state index in [1.165, 1.54) is 42.5 Å². The fraction of sp³-hybridized carbons (Fsp3) is 0.0476. The molecule has 3 rings (SSSR count). The number of rotatable bonds is 5. The average Bonchev–Trinajstić information content (AvgIpc) is 2.70. The number of carboxylic acid groups (broad SMARTS) is 1. The zero-order valence-electron chi connectivity index (χ0n) is 15.7. The van der Waals surface area contributed by atoms with E-state index in [1.807, 2.05) is 0 Å². The molecule has 10 heteroatoms. The van der Waals surface area contributed by atoms with Crippen molar-refractivity contribution in [2.24, 2.45) is 0 Å². The van der Waals surface area contributed by atoms with Crippen LogP contribution in [0.2, 0.25) is 0 Å². The number of benzene rings is 3. The van der Waals surface area contributed by atoms with Gasteiger partial charge in [0.05, 0.1) is 11.3 Å². The molecule has 3 aromatic rings. The number of anilines is 3. The van der Waals surface area contributed by atoms with Gasteiger partial charge in [-0.1, -0.05) is 0 Å². The summed E-state index contributed by atoms with van der Waals surface area (Å²) in [7, 11) is 0. The summed E-state index contributed by atoms with van der Waals surface area (Å²) in [6, 6.07) is 14.4. The number of amides is 2. The van der Waals surface area contributed by atoms with Crippen molar-refractivity contribution in [3.05, 3.63) is 77.9 Å². The second-order valence-corrected chi connectivity index (χ2v) is 6.34. The first-order valence-corrected chi connectivity index (χ1v) is 8.78. The molecule has 7 nitrogen and oxygen atoms in total. The van der Waals surface area contributed by atoms with Gasteiger partial charge in [0.25, 0.3) is 5.91 Å². The normalized spacial score (nSPS) is 10.9. The Kier molecular flexibility index (Phi) is 6.00. The number of carbonyl (C=O) groups excluding carboxylic acids is 1. The monoisotopic (exact) mass is 431 g/mol. The lowest BCUT2D eigenvalue weighted by atomic mass is 10.1. The Balaban J connectivity index is 1.67. The third kappa shape index (κ3) is 5.66. The summed E-state index contributed by atoms with van der Waals surface area (Å²) in [6.07, 6.45) is -5.65. The minimum absolute atomic E-state index is 0.160. The first kappa shape index (κ1) is 21.5. The van der Waals surface area contributed by atoms with Crippen LogP contribution in [0, 0.1) is 0 Å². The zero-order chi connectivity index (χ0) is 22.6. The predicted octanol–water partition coefficient (Wildman–Crippen LogP) is 5.42. The first-order chi connectivity index (χ1) is 14.6. The van der Waals surface area contributed by atoms with Crippen molar-refractivity contribution in [3.8, 4) is 11.5 Å². The van der Waals surface area contributed by atoms with Gasteiger partial charge >= 0.3 is 12.3 Å². The van der Waals surface area contributed by atoms with Gasteiger partial charge in [-0.25, -0.2) is 4.79 Å². The summed E-state index contributed by atoms with van der Waals surface area (Å²) >= 11 is 0. The molecule has 0 saturated carbocycles. The van der Waals surface area contributed by atoms with Gasteiger partial charge in [0, 0.05) is 16.9 Å². The highest BCUT2D eigenvalue weighted by atomic mass is 19.4. The van der Waals surface area contributed by atoms with E-state index >= 15 is 0 Å². The molecule has 2 amide bonds. The van der Waals surface area contributed by atoms with Gasteiger partial charge in [-0.15, -0.1) is 0 Å². The number of nitrogens with two attached hydrogens (primary N) is 1. The van der Waals surface area contributed by atoms with Crippen LogP contribution in [0.4, 0.5) is 35.0 Å². The fourth-order valence-corrected chi connectivity index (χ4v) is 2.59. The van der Waals surface area contributed by atoms with Gasteiger partial charge in [-0.2, -0.15) is 13.2 Å². The van der Waals surface area contributed by atoms with Gasteiger partial charge in [0.15, 0.2) is 0 Å². The molecular weight excluding hydrogens is 415 g/mol. The zero-order valence-corrected chi connectivity index (χ0v) is 15.7. The smallest absolute Gasteiger partial charge is 0.416 e. The van der Waals surface area contributed by atoms with Crippen LogP contribution in [0.3, 0.4) is 0 Å². The van der Waals surface area contributed by atoms with Gasteiger partial charge in [-0.3, -0.25) is 10.1 Å². The van der Waals surface area contributed by atoms with Crippen molar-refractivity contribution < 1.29 is 32.6 Å². The maximum atomic E-state index is 12.6. The largest absolute Gasteiger partial charge is 0.465 e. The molecule has 0 radical (unpaired) electrons. The standard InChI is InChI=1S/C21H16F3N3O4/c22-21(23,24)13-2-4-14(5-3-13)26-19(28)12-1-10-18(17(25)11-12)31-16-8-6-15(7-9-16)27-20(29)30/h1-11,27H,25H2,(H,26,28)(H,29,30). The van der Waals surface area contributed by atoms with Gasteiger partial charge in [0.1, 0.15) is 11.5 Å². The molecule has 0 bridgehead atoms. The SMILES string of the molecule is Nc1cc(C(=O)Nc2ccc(C(F)(F)F)cc2)ccc1Oc1ccc(NC(=O)O)cc1. The van der Waals surface area contributed by atoms with E-state index in [4.69, 9.17) is 15.6 Å². The average molecular weight is 431 g/mol. The molecule has 0 fully saturated rings. The molecule has 0 aliphatic carbocycles. The van der Waals surface area contributed by atoms with E-state index in [0.717, 1.165) is 24.3 Å². The molecule has 0 atom stereocenters. The van der Waals surface area contributed by atoms with Crippen molar-refractivity contribution in [3.63, 3.8) is 0 Å². The van der Waals surface area contributed by atoms with Gasteiger partial charge < -0.3 is 20.9 Å². The lowest BCUT2D eigenvalue weighted by Gasteiger charge is -2.12. The summed E-state index contributed by atoms with van der Waals surface area (Å²) in [5.41, 5.74) is 6.04. The number of nitrogen functional groups attached to an aromatic ring is 1. The second-order valence-electron chi connectivity index (χ2n) is 6.34. The molecule has 0 heterocycles. The molecular formula is C21H16F3N3O4. The Hall–Kier alpha value is -4.21. The minimum atomic E-state index is -4.46. The lowest BCUT2D eigenvalue weighted by Crippen LogP contribution is -2.13. The second kappa shape index (κ2) is 8.66. The molecule has 0 spiro atoms. The Morgan fingerprint density at radius 2 is 1.45 bits per heavy atom. The summed E-state index contributed by atoms with van der Waals surface area (Å²) in [6.45, 7) is 0. The Labute approximate surface area is 174 Å². The molecule has 0 aromatic heterocycles. The predicted molar refractivity (Wildman–Crippen MR) is 108 cm³/mol. The van der Waals surface area contributed by atoms with Crippen molar-refractivity contribution in [2.75, 3.05) is 16.4 Å². The molecule has 0 saturated heterocycles. The van der Waals surface area contributed by atoms with E-state index < -0.39 is 23.7 Å². The number of nitrogens with one attached hydrogen (secondary N) is 2. The van der Waals surface area contributed by atoms with Crippen LogP contribution in [0.15, 0.2) is 66.7 Å². The van der Waals surface area contributed by atoms with Crippen molar-refractivity contribution in [2.45, 2.75) is 6.18 Å². The van der Waals surface area contributed by atoms with Crippen molar-refractivity contribution in [1.29, 1.82) is 0 Å². The molecule has 0 unspecified atom stereocenters. The fourth-order valence-electron chi connectivity index (χ4n) is 2.59. The summed E-state index contributed by atoms with van der Waals surface area (Å²) < 4.78 is 43.5. The van der Waals surface area contributed by atoms with Crippen LogP contribution in [-0.2, 0) is 6.18 Å². The Bertz CT molecular complexity index is 1100.